The number of unbranched alkanes of at least 4 members (excludes halogenated alkanes) is 1. The van der Waals surface area contributed by atoms with Crippen molar-refractivity contribution in [2.45, 2.75) is 57.7 Å². The molecule has 12 heavy (non-hydrogen) atoms. The van der Waals surface area contributed by atoms with Gasteiger partial charge in [0.25, 0.3) is 0 Å². The summed E-state index contributed by atoms with van der Waals surface area (Å²) in [5, 5.41) is 0.776. The van der Waals surface area contributed by atoms with Crippen LogP contribution in [0.5, 0.6) is 0 Å². The largest absolute Gasteiger partial charge is 0.327 e. The minimum Gasteiger partial charge on any atom is -0.327 e. The van der Waals surface area contributed by atoms with Gasteiger partial charge in [-0.15, -0.1) is 0 Å². The summed E-state index contributed by atoms with van der Waals surface area (Å²) in [7, 11) is 0. The van der Waals surface area contributed by atoms with Gasteiger partial charge in [0.05, 0.1) is 0 Å². The van der Waals surface area contributed by atoms with Crippen LogP contribution in [0.25, 0.3) is 0 Å². The third-order valence-corrected chi connectivity index (χ3v) is 3.62. The predicted octanol–water partition coefficient (Wildman–Crippen LogP) is 3.04. The van der Waals surface area contributed by atoms with E-state index in [2.05, 4.69) is 20.8 Å². The molecular formula is C10H23NS. The molecule has 0 saturated heterocycles. The van der Waals surface area contributed by atoms with Gasteiger partial charge in [0.15, 0.2) is 0 Å². The van der Waals surface area contributed by atoms with Gasteiger partial charge in [0.1, 0.15) is 0 Å². The second kappa shape index (κ2) is 7.93. The Morgan fingerprint density at radius 1 is 1.33 bits per heavy atom. The second-order valence-electron chi connectivity index (χ2n) is 3.45. The van der Waals surface area contributed by atoms with Crippen molar-refractivity contribution in [2.24, 2.45) is 5.73 Å². The standard InChI is InChI=1S/C10H23NS/c1-4-6-7-10(11)8-12-9(3)5-2/h9-10H,4-8,11H2,1-3H3. The maximum Gasteiger partial charge on any atom is 0.0130 e. The van der Waals surface area contributed by atoms with E-state index < -0.39 is 0 Å². The molecule has 2 heteroatoms. The molecule has 0 aliphatic carbocycles. The summed E-state index contributed by atoms with van der Waals surface area (Å²) < 4.78 is 0. The van der Waals surface area contributed by atoms with E-state index in [9.17, 15) is 0 Å². The van der Waals surface area contributed by atoms with E-state index in [1.807, 2.05) is 11.8 Å². The molecule has 0 aromatic carbocycles. The van der Waals surface area contributed by atoms with E-state index in [0.717, 1.165) is 11.0 Å². The van der Waals surface area contributed by atoms with Crippen molar-refractivity contribution in [2.75, 3.05) is 5.75 Å². The highest BCUT2D eigenvalue weighted by atomic mass is 32.2. The summed E-state index contributed by atoms with van der Waals surface area (Å²) in [6.45, 7) is 6.72. The molecule has 74 valence electrons. The normalized spacial score (nSPS) is 16.0. The van der Waals surface area contributed by atoms with E-state index in [0.29, 0.717) is 6.04 Å². The molecule has 0 aromatic heterocycles. The Balaban J connectivity index is 3.24. The molecule has 0 bridgehead atoms. The number of thioether (sulfide) groups is 1. The van der Waals surface area contributed by atoms with Crippen LogP contribution in [0.3, 0.4) is 0 Å². The van der Waals surface area contributed by atoms with E-state index in [1.54, 1.807) is 0 Å². The van der Waals surface area contributed by atoms with Crippen molar-refractivity contribution >= 4 is 11.8 Å². The van der Waals surface area contributed by atoms with Crippen molar-refractivity contribution in [3.8, 4) is 0 Å². The lowest BCUT2D eigenvalue weighted by molar-refractivity contribution is 0.621. The topological polar surface area (TPSA) is 26.0 Å². The Morgan fingerprint density at radius 3 is 2.50 bits per heavy atom. The van der Waals surface area contributed by atoms with E-state index in [4.69, 9.17) is 5.73 Å². The Bertz CT molecular complexity index is 95.8. The monoisotopic (exact) mass is 189 g/mol. The van der Waals surface area contributed by atoms with Crippen LogP contribution in [0, 0.1) is 0 Å². The highest BCUT2D eigenvalue weighted by Crippen LogP contribution is 2.15. The average molecular weight is 189 g/mol. The SMILES string of the molecule is CCCCC(N)CSC(C)CC. The van der Waals surface area contributed by atoms with Crippen LogP contribution in [0.4, 0.5) is 0 Å². The highest BCUT2D eigenvalue weighted by Gasteiger charge is 2.04. The fourth-order valence-electron chi connectivity index (χ4n) is 0.955. The Kier molecular flexibility index (Phi) is 8.14. The summed E-state index contributed by atoms with van der Waals surface area (Å²) in [5.74, 6) is 1.13. The van der Waals surface area contributed by atoms with E-state index in [1.165, 1.54) is 25.7 Å². The molecule has 0 aromatic rings. The minimum atomic E-state index is 0.420. The van der Waals surface area contributed by atoms with Crippen LogP contribution in [0.2, 0.25) is 0 Å². The number of rotatable bonds is 7. The molecule has 0 amide bonds. The summed E-state index contributed by atoms with van der Waals surface area (Å²) >= 11 is 2.01. The zero-order chi connectivity index (χ0) is 9.40. The maximum atomic E-state index is 5.94. The quantitative estimate of drug-likeness (QED) is 0.666. The maximum absolute atomic E-state index is 5.94. The molecule has 0 radical (unpaired) electrons. The number of nitrogens with two attached hydrogens (primary N) is 1. The Hall–Kier alpha value is 0.310. The van der Waals surface area contributed by atoms with Crippen LogP contribution in [0.15, 0.2) is 0 Å². The molecule has 1 nitrogen and oxygen atoms in total. The van der Waals surface area contributed by atoms with Crippen LogP contribution >= 0.6 is 11.8 Å². The van der Waals surface area contributed by atoms with Gasteiger partial charge in [0, 0.05) is 17.0 Å². The minimum absolute atomic E-state index is 0.420. The zero-order valence-corrected chi connectivity index (χ0v) is 9.49. The summed E-state index contributed by atoms with van der Waals surface area (Å²) in [6, 6.07) is 0.420. The molecule has 0 spiro atoms. The molecular weight excluding hydrogens is 166 g/mol. The number of hydrogen-bond acceptors (Lipinski definition) is 2. The summed E-state index contributed by atoms with van der Waals surface area (Å²) in [6.07, 6.45) is 5.00. The summed E-state index contributed by atoms with van der Waals surface area (Å²) in [5.41, 5.74) is 5.94. The fourth-order valence-corrected chi connectivity index (χ4v) is 1.93. The first-order chi connectivity index (χ1) is 5.70. The smallest absolute Gasteiger partial charge is 0.0130 e. The average Bonchev–Trinajstić information content (AvgIpc) is 2.10. The lowest BCUT2D eigenvalue weighted by atomic mass is 10.2. The zero-order valence-electron chi connectivity index (χ0n) is 8.68. The van der Waals surface area contributed by atoms with Gasteiger partial charge < -0.3 is 5.73 Å². The van der Waals surface area contributed by atoms with Gasteiger partial charge in [0.2, 0.25) is 0 Å². The van der Waals surface area contributed by atoms with Crippen LogP contribution in [-0.4, -0.2) is 17.0 Å². The van der Waals surface area contributed by atoms with Gasteiger partial charge in [-0.1, -0.05) is 33.6 Å². The second-order valence-corrected chi connectivity index (χ2v) is 4.93. The van der Waals surface area contributed by atoms with Gasteiger partial charge in [-0.05, 0) is 12.8 Å². The fraction of sp³-hybridized carbons (Fsp3) is 1.00. The van der Waals surface area contributed by atoms with Crippen molar-refractivity contribution < 1.29 is 0 Å². The molecule has 0 aliphatic heterocycles. The Morgan fingerprint density at radius 2 is 2.00 bits per heavy atom. The van der Waals surface area contributed by atoms with Crippen molar-refractivity contribution in [3.63, 3.8) is 0 Å². The van der Waals surface area contributed by atoms with Crippen LogP contribution in [-0.2, 0) is 0 Å². The van der Waals surface area contributed by atoms with Crippen molar-refractivity contribution in [1.82, 2.24) is 0 Å². The highest BCUT2D eigenvalue weighted by molar-refractivity contribution is 7.99. The molecule has 0 aliphatic rings. The lowest BCUT2D eigenvalue weighted by Gasteiger charge is -2.13. The first-order valence-electron chi connectivity index (χ1n) is 5.07. The predicted molar refractivity (Wildman–Crippen MR) is 59.7 cm³/mol. The van der Waals surface area contributed by atoms with Gasteiger partial charge >= 0.3 is 0 Å². The van der Waals surface area contributed by atoms with Crippen LogP contribution < -0.4 is 5.73 Å². The molecule has 0 rings (SSSR count). The molecule has 2 N–H and O–H groups in total. The van der Waals surface area contributed by atoms with Crippen LogP contribution in [0.1, 0.15) is 46.5 Å². The van der Waals surface area contributed by atoms with Crippen molar-refractivity contribution in [3.05, 3.63) is 0 Å². The van der Waals surface area contributed by atoms with Gasteiger partial charge in [-0.2, -0.15) is 11.8 Å². The molecule has 2 atom stereocenters. The molecule has 0 saturated carbocycles. The van der Waals surface area contributed by atoms with E-state index >= 15 is 0 Å². The molecule has 0 fully saturated rings. The third kappa shape index (κ3) is 6.99. The number of hydrogen-bond donors (Lipinski definition) is 1. The molecule has 0 heterocycles. The first kappa shape index (κ1) is 12.3. The Labute approximate surface area is 81.5 Å². The molecule has 2 unspecified atom stereocenters. The van der Waals surface area contributed by atoms with Gasteiger partial charge in [-0.25, -0.2) is 0 Å². The van der Waals surface area contributed by atoms with E-state index in [-0.39, 0.29) is 0 Å². The third-order valence-electron chi connectivity index (χ3n) is 2.10. The summed E-state index contributed by atoms with van der Waals surface area (Å²) in [4.78, 5) is 0. The lowest BCUT2D eigenvalue weighted by Crippen LogP contribution is -2.23. The van der Waals surface area contributed by atoms with Crippen molar-refractivity contribution in [1.29, 1.82) is 0 Å². The first-order valence-corrected chi connectivity index (χ1v) is 6.12. The van der Waals surface area contributed by atoms with Gasteiger partial charge in [-0.3, -0.25) is 0 Å².